The van der Waals surface area contributed by atoms with E-state index in [0.29, 0.717) is 6.61 Å². The molecule has 0 bridgehead atoms. The van der Waals surface area contributed by atoms with Gasteiger partial charge in [-0.25, -0.2) is 4.79 Å². The predicted molar refractivity (Wildman–Crippen MR) is 49.7 cm³/mol. The van der Waals surface area contributed by atoms with Gasteiger partial charge in [-0.15, -0.1) is 0 Å². The number of hydrogen-bond donors (Lipinski definition) is 0. The van der Waals surface area contributed by atoms with E-state index in [0.717, 1.165) is 0 Å². The molecule has 0 aromatic carbocycles. The Morgan fingerprint density at radius 1 is 1.25 bits per heavy atom. The van der Waals surface area contributed by atoms with Crippen LogP contribution < -0.4 is 0 Å². The molecule has 0 aliphatic rings. The smallest absolute Gasteiger partial charge is 0.330 e. The van der Waals surface area contributed by atoms with Gasteiger partial charge in [0, 0.05) is 6.08 Å². The third-order valence-electron chi connectivity index (χ3n) is 1.06. The first-order valence-corrected chi connectivity index (χ1v) is 3.88. The van der Waals surface area contributed by atoms with Gasteiger partial charge in [-0.05, 0) is 19.9 Å². The fourth-order valence-corrected chi connectivity index (χ4v) is 0.560. The van der Waals surface area contributed by atoms with Gasteiger partial charge in [0.05, 0.1) is 0 Å². The molecule has 0 radical (unpaired) electrons. The topological polar surface area (TPSA) is 26.3 Å². The standard InChI is InChI=1S/C10H14O2/c1-3-5-6-7-9-12-10(11)8-4-2/h3-8H,9H2,1-2H3/b5-3+,7-6+,8-4-. The van der Waals surface area contributed by atoms with Gasteiger partial charge >= 0.3 is 5.97 Å². The van der Waals surface area contributed by atoms with Crippen LogP contribution in [0.15, 0.2) is 36.5 Å². The van der Waals surface area contributed by atoms with Crippen LogP contribution in [0.4, 0.5) is 0 Å². The maximum Gasteiger partial charge on any atom is 0.330 e. The lowest BCUT2D eigenvalue weighted by Gasteiger charge is -1.94. The molecule has 2 heteroatoms. The van der Waals surface area contributed by atoms with E-state index >= 15 is 0 Å². The van der Waals surface area contributed by atoms with Crippen molar-refractivity contribution in [1.82, 2.24) is 0 Å². The Balaban J connectivity index is 3.49. The minimum absolute atomic E-state index is 0.303. The highest BCUT2D eigenvalue weighted by Crippen LogP contribution is 1.83. The average Bonchev–Trinajstić information content (AvgIpc) is 2.05. The monoisotopic (exact) mass is 166 g/mol. The van der Waals surface area contributed by atoms with Crippen LogP contribution in [-0.4, -0.2) is 12.6 Å². The molecule has 0 saturated heterocycles. The third kappa shape index (κ3) is 6.81. The van der Waals surface area contributed by atoms with Crippen molar-refractivity contribution in [3.05, 3.63) is 36.5 Å². The summed E-state index contributed by atoms with van der Waals surface area (Å²) in [5.74, 6) is -0.303. The molecular weight excluding hydrogens is 152 g/mol. The van der Waals surface area contributed by atoms with Crippen LogP contribution in [0.5, 0.6) is 0 Å². The number of carbonyl (C=O) groups excluding carboxylic acids is 1. The van der Waals surface area contributed by atoms with Crippen molar-refractivity contribution in [3.8, 4) is 0 Å². The van der Waals surface area contributed by atoms with E-state index in [1.165, 1.54) is 6.08 Å². The maximum absolute atomic E-state index is 10.7. The maximum atomic E-state index is 10.7. The Hall–Kier alpha value is -1.31. The number of ether oxygens (including phenoxy) is 1. The summed E-state index contributed by atoms with van der Waals surface area (Å²) in [6.45, 7) is 4.03. The summed E-state index contributed by atoms with van der Waals surface area (Å²) >= 11 is 0. The zero-order valence-electron chi connectivity index (χ0n) is 7.49. The zero-order chi connectivity index (χ0) is 9.23. The van der Waals surface area contributed by atoms with Crippen LogP contribution in [0.2, 0.25) is 0 Å². The van der Waals surface area contributed by atoms with Gasteiger partial charge in [-0.1, -0.05) is 24.3 Å². The van der Waals surface area contributed by atoms with Gasteiger partial charge in [0.15, 0.2) is 0 Å². The lowest BCUT2D eigenvalue weighted by Crippen LogP contribution is -1.99. The first-order valence-electron chi connectivity index (χ1n) is 3.88. The van der Waals surface area contributed by atoms with Crippen molar-refractivity contribution < 1.29 is 9.53 Å². The number of rotatable bonds is 4. The second-order valence-electron chi connectivity index (χ2n) is 2.08. The number of hydrogen-bond acceptors (Lipinski definition) is 2. The molecule has 0 fully saturated rings. The Bertz CT molecular complexity index is 200. The van der Waals surface area contributed by atoms with Gasteiger partial charge in [-0.3, -0.25) is 0 Å². The van der Waals surface area contributed by atoms with Gasteiger partial charge in [0.2, 0.25) is 0 Å². The molecule has 0 aliphatic heterocycles. The molecule has 0 heterocycles. The molecule has 0 amide bonds. The highest BCUT2D eigenvalue weighted by atomic mass is 16.5. The number of allylic oxidation sites excluding steroid dienone is 4. The quantitative estimate of drug-likeness (QED) is 0.363. The van der Waals surface area contributed by atoms with Crippen molar-refractivity contribution >= 4 is 5.97 Å². The summed E-state index contributed by atoms with van der Waals surface area (Å²) in [5, 5.41) is 0. The molecule has 0 rings (SSSR count). The summed E-state index contributed by atoms with van der Waals surface area (Å²) in [6, 6.07) is 0. The van der Waals surface area contributed by atoms with Crippen LogP contribution in [0, 0.1) is 0 Å². The Kier molecular flexibility index (Phi) is 6.94. The van der Waals surface area contributed by atoms with Crippen molar-refractivity contribution in [2.75, 3.05) is 6.61 Å². The normalized spacial score (nSPS) is 11.8. The SMILES string of the molecule is C/C=C\C(=O)OC/C=C/C=C/C. The van der Waals surface area contributed by atoms with Crippen LogP contribution in [0.25, 0.3) is 0 Å². The van der Waals surface area contributed by atoms with E-state index in [-0.39, 0.29) is 5.97 Å². The van der Waals surface area contributed by atoms with E-state index in [4.69, 9.17) is 4.74 Å². The minimum Gasteiger partial charge on any atom is -0.458 e. The zero-order valence-corrected chi connectivity index (χ0v) is 7.49. The highest BCUT2D eigenvalue weighted by molar-refractivity contribution is 5.81. The van der Waals surface area contributed by atoms with Gasteiger partial charge in [0.25, 0.3) is 0 Å². The predicted octanol–water partition coefficient (Wildman–Crippen LogP) is 2.24. The van der Waals surface area contributed by atoms with Gasteiger partial charge in [0.1, 0.15) is 6.61 Å². The molecule has 0 aromatic heterocycles. The van der Waals surface area contributed by atoms with Crippen LogP contribution >= 0.6 is 0 Å². The van der Waals surface area contributed by atoms with Crippen LogP contribution in [-0.2, 0) is 9.53 Å². The van der Waals surface area contributed by atoms with Crippen LogP contribution in [0.3, 0.4) is 0 Å². The van der Waals surface area contributed by atoms with Crippen molar-refractivity contribution in [2.24, 2.45) is 0 Å². The number of carbonyl (C=O) groups is 1. The molecule has 0 atom stereocenters. The summed E-state index contributed by atoms with van der Waals surface area (Å²) < 4.78 is 4.78. The van der Waals surface area contributed by atoms with E-state index in [1.807, 2.05) is 25.2 Å². The molecular formula is C10H14O2. The molecule has 0 aliphatic carbocycles. The lowest BCUT2D eigenvalue weighted by molar-refractivity contribution is -0.136. The van der Waals surface area contributed by atoms with E-state index < -0.39 is 0 Å². The van der Waals surface area contributed by atoms with Gasteiger partial charge < -0.3 is 4.74 Å². The highest BCUT2D eigenvalue weighted by Gasteiger charge is 1.90. The summed E-state index contributed by atoms with van der Waals surface area (Å²) in [7, 11) is 0. The molecule has 0 N–H and O–H groups in total. The van der Waals surface area contributed by atoms with Crippen molar-refractivity contribution in [1.29, 1.82) is 0 Å². The Labute approximate surface area is 73.2 Å². The molecule has 0 spiro atoms. The Morgan fingerprint density at radius 3 is 2.58 bits per heavy atom. The van der Waals surface area contributed by atoms with E-state index in [1.54, 1.807) is 19.1 Å². The summed E-state index contributed by atoms with van der Waals surface area (Å²) in [6.07, 6.45) is 10.4. The fourth-order valence-electron chi connectivity index (χ4n) is 0.560. The fraction of sp³-hybridized carbons (Fsp3) is 0.300. The van der Waals surface area contributed by atoms with Gasteiger partial charge in [-0.2, -0.15) is 0 Å². The molecule has 12 heavy (non-hydrogen) atoms. The van der Waals surface area contributed by atoms with E-state index in [9.17, 15) is 4.79 Å². The molecule has 0 saturated carbocycles. The third-order valence-corrected chi connectivity index (χ3v) is 1.06. The molecule has 0 aromatic rings. The van der Waals surface area contributed by atoms with Crippen molar-refractivity contribution in [2.45, 2.75) is 13.8 Å². The summed E-state index contributed by atoms with van der Waals surface area (Å²) in [4.78, 5) is 10.7. The van der Waals surface area contributed by atoms with Crippen LogP contribution in [0.1, 0.15) is 13.8 Å². The van der Waals surface area contributed by atoms with E-state index in [2.05, 4.69) is 0 Å². The minimum atomic E-state index is -0.303. The second kappa shape index (κ2) is 7.79. The Morgan fingerprint density at radius 2 is 2.00 bits per heavy atom. The summed E-state index contributed by atoms with van der Waals surface area (Å²) in [5.41, 5.74) is 0. The van der Waals surface area contributed by atoms with Crippen molar-refractivity contribution in [3.63, 3.8) is 0 Å². The second-order valence-corrected chi connectivity index (χ2v) is 2.08. The molecule has 2 nitrogen and oxygen atoms in total. The lowest BCUT2D eigenvalue weighted by atomic mass is 10.4. The first-order chi connectivity index (χ1) is 5.81. The molecule has 0 unspecified atom stereocenters. The first kappa shape index (κ1) is 10.7. The molecule has 66 valence electrons. The average molecular weight is 166 g/mol. The largest absolute Gasteiger partial charge is 0.458 e. The number of esters is 1.